The van der Waals surface area contributed by atoms with Crippen LogP contribution in [0.25, 0.3) is 0 Å². The average Bonchev–Trinajstić information content (AvgIpc) is 2.13. The van der Waals surface area contributed by atoms with Crippen LogP contribution >= 0.6 is 12.6 Å². The molecule has 13 heavy (non-hydrogen) atoms. The fourth-order valence-electron chi connectivity index (χ4n) is 1.01. The molecule has 0 fully saturated rings. The van der Waals surface area contributed by atoms with Gasteiger partial charge in [0.05, 0.1) is 6.61 Å². The molecule has 1 heterocycles. The van der Waals surface area contributed by atoms with Crippen LogP contribution in [0.15, 0.2) is 23.2 Å². The maximum atomic E-state index is 5.43. The van der Waals surface area contributed by atoms with Gasteiger partial charge < -0.3 is 4.74 Å². The lowest BCUT2D eigenvalue weighted by Gasteiger charge is -2.04. The average molecular weight is 197 g/mol. The number of thiol groups is 1. The van der Waals surface area contributed by atoms with Gasteiger partial charge in [0.25, 0.3) is 0 Å². The highest BCUT2D eigenvalue weighted by molar-refractivity contribution is 7.80. The van der Waals surface area contributed by atoms with Crippen molar-refractivity contribution in [2.24, 2.45) is 0 Å². The summed E-state index contributed by atoms with van der Waals surface area (Å²) in [5.41, 5.74) is 0. The molecule has 0 saturated heterocycles. The van der Waals surface area contributed by atoms with E-state index in [1.807, 2.05) is 12.1 Å². The van der Waals surface area contributed by atoms with Gasteiger partial charge in [0.2, 0.25) is 5.88 Å². The molecule has 0 aromatic carbocycles. The van der Waals surface area contributed by atoms with Crippen LogP contribution in [0.5, 0.6) is 5.88 Å². The van der Waals surface area contributed by atoms with Crippen molar-refractivity contribution in [3.8, 4) is 5.88 Å². The molecule has 0 aliphatic rings. The molecule has 0 aliphatic carbocycles. The van der Waals surface area contributed by atoms with Crippen molar-refractivity contribution in [2.75, 3.05) is 6.61 Å². The lowest BCUT2D eigenvalue weighted by atomic mass is 10.3. The van der Waals surface area contributed by atoms with Crippen LogP contribution in [-0.4, -0.2) is 11.6 Å². The van der Waals surface area contributed by atoms with Crippen molar-refractivity contribution in [3.63, 3.8) is 0 Å². The van der Waals surface area contributed by atoms with Crippen molar-refractivity contribution < 1.29 is 4.74 Å². The molecule has 0 radical (unpaired) electrons. The zero-order valence-corrected chi connectivity index (χ0v) is 8.76. The van der Waals surface area contributed by atoms with Crippen LogP contribution in [0, 0.1) is 0 Å². The molecule has 1 aromatic rings. The molecule has 0 amide bonds. The molecular weight excluding hydrogens is 182 g/mol. The third kappa shape index (κ3) is 4.18. The van der Waals surface area contributed by atoms with Crippen molar-refractivity contribution in [1.29, 1.82) is 0 Å². The Morgan fingerprint density at radius 1 is 1.46 bits per heavy atom. The van der Waals surface area contributed by atoms with Gasteiger partial charge in [-0.1, -0.05) is 19.8 Å². The number of aromatic nitrogens is 1. The molecule has 0 unspecified atom stereocenters. The fraction of sp³-hybridized carbons (Fsp3) is 0.500. The number of rotatable bonds is 5. The lowest BCUT2D eigenvalue weighted by Crippen LogP contribution is -1.98. The first-order chi connectivity index (χ1) is 6.33. The van der Waals surface area contributed by atoms with E-state index in [-0.39, 0.29) is 0 Å². The van der Waals surface area contributed by atoms with Crippen molar-refractivity contribution >= 4 is 12.6 Å². The first-order valence-corrected chi connectivity index (χ1v) is 5.05. The summed E-state index contributed by atoms with van der Waals surface area (Å²) in [5.74, 6) is 0.670. The third-order valence-electron chi connectivity index (χ3n) is 1.72. The molecule has 0 atom stereocenters. The van der Waals surface area contributed by atoms with E-state index < -0.39 is 0 Å². The second-order valence-electron chi connectivity index (χ2n) is 2.91. The van der Waals surface area contributed by atoms with E-state index in [1.165, 1.54) is 12.8 Å². The largest absolute Gasteiger partial charge is 0.478 e. The minimum Gasteiger partial charge on any atom is -0.478 e. The van der Waals surface area contributed by atoms with Crippen LogP contribution < -0.4 is 4.74 Å². The summed E-state index contributed by atoms with van der Waals surface area (Å²) < 4.78 is 5.43. The van der Waals surface area contributed by atoms with Gasteiger partial charge in [-0.3, -0.25) is 0 Å². The fourth-order valence-corrected chi connectivity index (χ4v) is 1.18. The molecule has 0 saturated carbocycles. The van der Waals surface area contributed by atoms with Crippen molar-refractivity contribution in [1.82, 2.24) is 4.98 Å². The van der Waals surface area contributed by atoms with Crippen LogP contribution in [0.1, 0.15) is 26.2 Å². The number of hydrogen-bond donors (Lipinski definition) is 1. The van der Waals surface area contributed by atoms with E-state index in [2.05, 4.69) is 24.5 Å². The van der Waals surface area contributed by atoms with E-state index in [0.29, 0.717) is 5.88 Å². The summed E-state index contributed by atoms with van der Waals surface area (Å²) in [7, 11) is 0. The van der Waals surface area contributed by atoms with Gasteiger partial charge in [0.15, 0.2) is 0 Å². The first kappa shape index (κ1) is 10.4. The molecule has 0 N–H and O–H groups in total. The molecule has 0 spiro atoms. The zero-order chi connectivity index (χ0) is 9.52. The van der Waals surface area contributed by atoms with Gasteiger partial charge in [0.1, 0.15) is 0 Å². The van der Waals surface area contributed by atoms with Gasteiger partial charge in [-0.05, 0) is 12.5 Å². The summed E-state index contributed by atoms with van der Waals surface area (Å²) >= 11 is 4.20. The van der Waals surface area contributed by atoms with E-state index in [1.54, 1.807) is 6.20 Å². The Morgan fingerprint density at radius 3 is 3.00 bits per heavy atom. The van der Waals surface area contributed by atoms with Gasteiger partial charge >= 0.3 is 0 Å². The molecule has 1 rings (SSSR count). The lowest BCUT2D eigenvalue weighted by molar-refractivity contribution is 0.294. The minimum absolute atomic E-state index is 0.670. The highest BCUT2D eigenvalue weighted by Gasteiger charge is 1.94. The SMILES string of the molecule is CCCCCOc1cc(S)ccn1. The quantitative estimate of drug-likeness (QED) is 0.579. The Balaban J connectivity index is 2.28. The Labute approximate surface area is 84.7 Å². The summed E-state index contributed by atoms with van der Waals surface area (Å²) in [5, 5.41) is 0. The summed E-state index contributed by atoms with van der Waals surface area (Å²) in [4.78, 5) is 4.96. The summed E-state index contributed by atoms with van der Waals surface area (Å²) in [6.45, 7) is 2.92. The van der Waals surface area contributed by atoms with E-state index >= 15 is 0 Å². The zero-order valence-electron chi connectivity index (χ0n) is 7.86. The predicted molar refractivity (Wildman–Crippen MR) is 56.5 cm³/mol. The second kappa shape index (κ2) is 5.86. The molecule has 0 aliphatic heterocycles. The Morgan fingerprint density at radius 2 is 2.31 bits per heavy atom. The minimum atomic E-state index is 0.670. The maximum absolute atomic E-state index is 5.43. The maximum Gasteiger partial charge on any atom is 0.214 e. The molecule has 72 valence electrons. The summed E-state index contributed by atoms with van der Waals surface area (Å²) in [6, 6.07) is 3.66. The number of pyridine rings is 1. The smallest absolute Gasteiger partial charge is 0.214 e. The molecular formula is C10H15NOS. The van der Waals surface area contributed by atoms with Crippen LogP contribution in [0.3, 0.4) is 0 Å². The monoisotopic (exact) mass is 197 g/mol. The highest BCUT2D eigenvalue weighted by Crippen LogP contribution is 2.12. The van der Waals surface area contributed by atoms with Gasteiger partial charge in [-0.25, -0.2) is 4.98 Å². The first-order valence-electron chi connectivity index (χ1n) is 4.60. The highest BCUT2D eigenvalue weighted by atomic mass is 32.1. The number of ether oxygens (including phenoxy) is 1. The third-order valence-corrected chi connectivity index (χ3v) is 1.99. The normalized spacial score (nSPS) is 10.0. The van der Waals surface area contributed by atoms with E-state index in [4.69, 9.17) is 4.74 Å². The van der Waals surface area contributed by atoms with Crippen LogP contribution in [0.4, 0.5) is 0 Å². The van der Waals surface area contributed by atoms with Crippen molar-refractivity contribution in [3.05, 3.63) is 18.3 Å². The number of nitrogens with zero attached hydrogens (tertiary/aromatic N) is 1. The number of unbranched alkanes of at least 4 members (excludes halogenated alkanes) is 2. The summed E-state index contributed by atoms with van der Waals surface area (Å²) in [6.07, 6.45) is 5.22. The van der Waals surface area contributed by atoms with E-state index in [0.717, 1.165) is 17.9 Å². The van der Waals surface area contributed by atoms with Gasteiger partial charge in [0, 0.05) is 17.2 Å². The van der Waals surface area contributed by atoms with Crippen LogP contribution in [0.2, 0.25) is 0 Å². The second-order valence-corrected chi connectivity index (χ2v) is 3.42. The Kier molecular flexibility index (Phi) is 4.68. The Bertz CT molecular complexity index is 252. The molecule has 3 heteroatoms. The van der Waals surface area contributed by atoms with Gasteiger partial charge in [-0.15, -0.1) is 12.6 Å². The topological polar surface area (TPSA) is 22.1 Å². The Hall–Kier alpha value is -0.700. The van der Waals surface area contributed by atoms with Gasteiger partial charge in [-0.2, -0.15) is 0 Å². The predicted octanol–water partition coefficient (Wildman–Crippen LogP) is 2.94. The molecule has 1 aromatic heterocycles. The molecule has 2 nitrogen and oxygen atoms in total. The van der Waals surface area contributed by atoms with E-state index in [9.17, 15) is 0 Å². The number of hydrogen-bond acceptors (Lipinski definition) is 3. The standard InChI is InChI=1S/C10H15NOS/c1-2-3-4-7-12-10-8-9(13)5-6-11-10/h5-6,8H,2-4,7H2,1H3,(H,11,13). The van der Waals surface area contributed by atoms with Crippen LogP contribution in [-0.2, 0) is 0 Å². The molecule has 0 bridgehead atoms. The van der Waals surface area contributed by atoms with Crippen molar-refractivity contribution in [2.45, 2.75) is 31.1 Å².